The lowest BCUT2D eigenvalue weighted by Gasteiger charge is -2.11. The summed E-state index contributed by atoms with van der Waals surface area (Å²) >= 11 is 0. The van der Waals surface area contributed by atoms with E-state index in [-0.39, 0.29) is 0 Å². The summed E-state index contributed by atoms with van der Waals surface area (Å²) in [6, 6.07) is 46.8. The van der Waals surface area contributed by atoms with Gasteiger partial charge >= 0.3 is 0 Å². The number of aromatic nitrogens is 4. The summed E-state index contributed by atoms with van der Waals surface area (Å²) in [5.41, 5.74) is 10.1. The third kappa shape index (κ3) is 4.08. The molecule has 9 rings (SSSR count). The number of rotatable bonds is 3. The van der Waals surface area contributed by atoms with Crippen LogP contribution in [0.25, 0.3) is 88.0 Å². The average Bonchev–Trinajstić information content (AvgIpc) is 3.10. The van der Waals surface area contributed by atoms with Crippen molar-refractivity contribution in [3.63, 3.8) is 0 Å². The fraction of sp³-hybridized carbons (Fsp3) is 0. The van der Waals surface area contributed by atoms with Gasteiger partial charge in [0.15, 0.2) is 0 Å². The summed E-state index contributed by atoms with van der Waals surface area (Å²) in [4.78, 5) is 19.3. The molecule has 0 atom stereocenters. The predicted octanol–water partition coefficient (Wildman–Crippen LogP) is 10.0. The zero-order chi connectivity index (χ0) is 29.0. The Balaban J connectivity index is 1.07. The van der Waals surface area contributed by atoms with Crippen LogP contribution in [0.15, 0.2) is 146 Å². The van der Waals surface area contributed by atoms with E-state index in [1.165, 1.54) is 10.8 Å². The normalized spacial score (nSPS) is 11.6. The van der Waals surface area contributed by atoms with Crippen molar-refractivity contribution in [1.82, 2.24) is 19.9 Å². The fourth-order valence-electron chi connectivity index (χ4n) is 6.26. The SMILES string of the molecule is c1ccc2cc(-c3ccc4cc(-c5ccc6nc(-c7cc8cccnc8c8ncccc78)ccc6c5)ccc4n3)ccc2c1. The van der Waals surface area contributed by atoms with Gasteiger partial charge in [0, 0.05) is 45.1 Å². The molecule has 4 nitrogen and oxygen atoms in total. The van der Waals surface area contributed by atoms with Crippen LogP contribution in [0.5, 0.6) is 0 Å². The second-order valence-corrected chi connectivity index (χ2v) is 11.2. The Labute approximate surface area is 253 Å². The molecule has 5 aromatic carbocycles. The molecule has 0 N–H and O–H groups in total. The lowest BCUT2D eigenvalue weighted by molar-refractivity contribution is 1.36. The van der Waals surface area contributed by atoms with Crippen LogP contribution in [0.1, 0.15) is 0 Å². The second-order valence-electron chi connectivity index (χ2n) is 11.2. The molecule has 0 amide bonds. The van der Waals surface area contributed by atoms with Gasteiger partial charge in [-0.15, -0.1) is 0 Å². The Morgan fingerprint density at radius 3 is 1.75 bits per heavy atom. The maximum Gasteiger partial charge on any atom is 0.0971 e. The molecule has 9 aromatic rings. The first-order valence-corrected chi connectivity index (χ1v) is 14.7. The van der Waals surface area contributed by atoms with Crippen LogP contribution in [0, 0.1) is 0 Å². The van der Waals surface area contributed by atoms with Crippen molar-refractivity contribution in [2.24, 2.45) is 0 Å². The molecule has 0 fully saturated rings. The molecule has 0 aliphatic rings. The summed E-state index contributed by atoms with van der Waals surface area (Å²) in [5, 5.41) is 6.78. The summed E-state index contributed by atoms with van der Waals surface area (Å²) < 4.78 is 0. The third-order valence-corrected chi connectivity index (χ3v) is 8.49. The average molecular weight is 561 g/mol. The van der Waals surface area contributed by atoms with Crippen molar-refractivity contribution < 1.29 is 0 Å². The van der Waals surface area contributed by atoms with E-state index in [0.717, 1.165) is 77.3 Å². The Kier molecular flexibility index (Phi) is 5.47. The van der Waals surface area contributed by atoms with Gasteiger partial charge in [-0.1, -0.05) is 72.8 Å². The van der Waals surface area contributed by atoms with E-state index in [2.05, 4.69) is 131 Å². The number of nitrogens with zero attached hydrogens (tertiary/aromatic N) is 4. The standard InChI is InChI=1S/C40H24N4/c1-2-6-26-21-29(10-9-25(26)5-1)36-17-13-30-22-27(11-15-35(30)43-36)28-12-16-37-31(23-28)14-18-38(44-37)34-24-32-7-3-19-41-39(32)40-33(34)8-4-20-42-40/h1-24H. The molecule has 0 unspecified atom stereocenters. The first-order chi connectivity index (χ1) is 21.8. The molecule has 0 radical (unpaired) electrons. The lowest BCUT2D eigenvalue weighted by Crippen LogP contribution is -1.91. The molecule has 204 valence electrons. The molecule has 4 heteroatoms. The zero-order valence-electron chi connectivity index (χ0n) is 23.6. The van der Waals surface area contributed by atoms with Gasteiger partial charge in [0.2, 0.25) is 0 Å². The summed E-state index contributed by atoms with van der Waals surface area (Å²) in [7, 11) is 0. The van der Waals surface area contributed by atoms with Crippen LogP contribution in [0.3, 0.4) is 0 Å². The minimum absolute atomic E-state index is 0.896. The highest BCUT2D eigenvalue weighted by molar-refractivity contribution is 6.10. The first kappa shape index (κ1) is 24.6. The highest BCUT2D eigenvalue weighted by Crippen LogP contribution is 2.34. The van der Waals surface area contributed by atoms with Gasteiger partial charge in [-0.2, -0.15) is 0 Å². The van der Waals surface area contributed by atoms with Gasteiger partial charge in [-0.25, -0.2) is 9.97 Å². The summed E-state index contributed by atoms with van der Waals surface area (Å²) in [6.07, 6.45) is 3.64. The third-order valence-electron chi connectivity index (χ3n) is 8.49. The van der Waals surface area contributed by atoms with Gasteiger partial charge < -0.3 is 0 Å². The Morgan fingerprint density at radius 2 is 0.955 bits per heavy atom. The molecular formula is C40H24N4. The monoisotopic (exact) mass is 560 g/mol. The molecule has 0 aliphatic carbocycles. The van der Waals surface area contributed by atoms with Crippen LogP contribution in [-0.4, -0.2) is 19.9 Å². The molecule has 4 aromatic heterocycles. The summed E-state index contributed by atoms with van der Waals surface area (Å²) in [6.45, 7) is 0. The number of hydrogen-bond donors (Lipinski definition) is 0. The molecular weight excluding hydrogens is 536 g/mol. The highest BCUT2D eigenvalue weighted by Gasteiger charge is 2.12. The zero-order valence-corrected chi connectivity index (χ0v) is 23.6. The van der Waals surface area contributed by atoms with Gasteiger partial charge in [0.05, 0.1) is 33.5 Å². The molecule has 0 saturated heterocycles. The van der Waals surface area contributed by atoms with E-state index in [1.807, 2.05) is 24.5 Å². The minimum atomic E-state index is 0.896. The predicted molar refractivity (Wildman–Crippen MR) is 181 cm³/mol. The van der Waals surface area contributed by atoms with Crippen molar-refractivity contribution in [3.8, 4) is 33.6 Å². The molecule has 0 aliphatic heterocycles. The van der Waals surface area contributed by atoms with Crippen molar-refractivity contribution in [1.29, 1.82) is 0 Å². The maximum atomic E-state index is 5.09. The van der Waals surface area contributed by atoms with Crippen molar-refractivity contribution in [2.45, 2.75) is 0 Å². The van der Waals surface area contributed by atoms with E-state index < -0.39 is 0 Å². The van der Waals surface area contributed by atoms with Crippen LogP contribution in [0.4, 0.5) is 0 Å². The first-order valence-electron chi connectivity index (χ1n) is 14.7. The number of fused-ring (bicyclic) bond motifs is 6. The minimum Gasteiger partial charge on any atom is -0.254 e. The van der Waals surface area contributed by atoms with E-state index in [1.54, 1.807) is 0 Å². The van der Waals surface area contributed by atoms with Crippen LogP contribution in [0.2, 0.25) is 0 Å². The molecule has 4 heterocycles. The Hall–Kier alpha value is -6.00. The maximum absolute atomic E-state index is 5.09. The van der Waals surface area contributed by atoms with Crippen LogP contribution < -0.4 is 0 Å². The topological polar surface area (TPSA) is 51.6 Å². The van der Waals surface area contributed by atoms with E-state index >= 15 is 0 Å². The number of pyridine rings is 4. The quantitative estimate of drug-likeness (QED) is 0.202. The van der Waals surface area contributed by atoms with Gasteiger partial charge in [-0.05, 0) is 82.6 Å². The lowest BCUT2D eigenvalue weighted by atomic mass is 9.99. The van der Waals surface area contributed by atoms with Gasteiger partial charge in [-0.3, -0.25) is 9.97 Å². The highest BCUT2D eigenvalue weighted by atomic mass is 14.7. The molecule has 0 saturated carbocycles. The molecule has 0 bridgehead atoms. The van der Waals surface area contributed by atoms with E-state index in [4.69, 9.17) is 9.97 Å². The summed E-state index contributed by atoms with van der Waals surface area (Å²) in [5.74, 6) is 0. The van der Waals surface area contributed by atoms with Gasteiger partial charge in [0.25, 0.3) is 0 Å². The van der Waals surface area contributed by atoms with Crippen LogP contribution in [-0.2, 0) is 0 Å². The van der Waals surface area contributed by atoms with Crippen molar-refractivity contribution in [3.05, 3.63) is 146 Å². The molecule has 0 spiro atoms. The Morgan fingerprint density at radius 1 is 0.364 bits per heavy atom. The van der Waals surface area contributed by atoms with E-state index in [0.29, 0.717) is 0 Å². The number of benzene rings is 5. The van der Waals surface area contributed by atoms with Crippen molar-refractivity contribution in [2.75, 3.05) is 0 Å². The van der Waals surface area contributed by atoms with E-state index in [9.17, 15) is 0 Å². The number of hydrogen-bond acceptors (Lipinski definition) is 4. The van der Waals surface area contributed by atoms with Gasteiger partial charge in [0.1, 0.15) is 0 Å². The molecule has 44 heavy (non-hydrogen) atoms. The Bertz CT molecular complexity index is 2570. The smallest absolute Gasteiger partial charge is 0.0971 e. The van der Waals surface area contributed by atoms with Crippen LogP contribution >= 0.6 is 0 Å². The van der Waals surface area contributed by atoms with Crippen molar-refractivity contribution >= 4 is 54.4 Å². The second kappa shape index (κ2) is 9.79. The largest absolute Gasteiger partial charge is 0.254 e. The fourth-order valence-corrected chi connectivity index (χ4v) is 6.26.